The van der Waals surface area contributed by atoms with Crippen molar-refractivity contribution in [2.75, 3.05) is 7.05 Å². The van der Waals surface area contributed by atoms with Gasteiger partial charge < -0.3 is 4.90 Å². The third-order valence-electron chi connectivity index (χ3n) is 2.67. The Balaban J connectivity index is 2.17. The van der Waals surface area contributed by atoms with E-state index < -0.39 is 5.82 Å². The lowest BCUT2D eigenvalue weighted by atomic mass is 10.1. The number of nitrogens with zero attached hydrogens (tertiary/aromatic N) is 2. The van der Waals surface area contributed by atoms with Crippen molar-refractivity contribution in [3.8, 4) is 0 Å². The van der Waals surface area contributed by atoms with Crippen LogP contribution in [0.2, 0.25) is 0 Å². The van der Waals surface area contributed by atoms with E-state index in [1.165, 1.54) is 11.0 Å². The number of rotatable bonds is 3. The van der Waals surface area contributed by atoms with Crippen LogP contribution in [0.15, 0.2) is 30.6 Å². The Morgan fingerprint density at radius 1 is 1.50 bits per heavy atom. The van der Waals surface area contributed by atoms with Crippen LogP contribution in [0, 0.1) is 12.7 Å². The molecule has 5 heteroatoms. The molecule has 0 aliphatic heterocycles. The highest BCUT2D eigenvalue weighted by Gasteiger charge is 2.16. The predicted octanol–water partition coefficient (Wildman–Crippen LogP) is 2.13. The topological polar surface area (TPSA) is 49.0 Å². The van der Waals surface area contributed by atoms with E-state index in [2.05, 4.69) is 10.2 Å². The van der Waals surface area contributed by atoms with Crippen molar-refractivity contribution < 1.29 is 9.18 Å². The van der Waals surface area contributed by atoms with E-state index in [1.807, 2.05) is 6.92 Å². The van der Waals surface area contributed by atoms with Crippen LogP contribution in [-0.2, 0) is 6.54 Å². The van der Waals surface area contributed by atoms with E-state index in [1.54, 1.807) is 31.6 Å². The van der Waals surface area contributed by atoms with Crippen LogP contribution in [0.1, 0.15) is 21.5 Å². The summed E-state index contributed by atoms with van der Waals surface area (Å²) in [5, 5.41) is 6.47. The molecule has 1 heterocycles. The molecule has 0 spiro atoms. The predicted molar refractivity (Wildman–Crippen MR) is 65.5 cm³/mol. The molecule has 4 nitrogen and oxygen atoms in total. The molecule has 0 saturated heterocycles. The van der Waals surface area contributed by atoms with Gasteiger partial charge in [-0.15, -0.1) is 0 Å². The molecular formula is C13H14FN3O. The smallest absolute Gasteiger partial charge is 0.256 e. The number of carbonyl (C=O) groups is 1. The molecule has 1 N–H and O–H groups in total. The van der Waals surface area contributed by atoms with Gasteiger partial charge in [0, 0.05) is 25.4 Å². The van der Waals surface area contributed by atoms with Crippen LogP contribution in [0.25, 0.3) is 0 Å². The molecule has 1 aromatic heterocycles. The summed E-state index contributed by atoms with van der Waals surface area (Å²) in [6.45, 7) is 2.22. The third kappa shape index (κ3) is 2.56. The molecule has 0 aliphatic carbocycles. The van der Waals surface area contributed by atoms with Crippen molar-refractivity contribution in [3.63, 3.8) is 0 Å². The maximum Gasteiger partial charge on any atom is 0.256 e. The van der Waals surface area contributed by atoms with Gasteiger partial charge in [-0.1, -0.05) is 11.6 Å². The Morgan fingerprint density at radius 2 is 2.28 bits per heavy atom. The monoisotopic (exact) mass is 247 g/mol. The normalized spacial score (nSPS) is 10.4. The van der Waals surface area contributed by atoms with E-state index in [0.717, 1.165) is 11.1 Å². The van der Waals surface area contributed by atoms with Gasteiger partial charge in [0.05, 0.1) is 11.8 Å². The molecule has 0 unspecified atom stereocenters. The number of nitrogens with one attached hydrogen (secondary N) is 1. The molecule has 94 valence electrons. The standard InChI is InChI=1S/C13H14FN3O/c1-9-3-4-12(14)11(5-9)13(18)17(2)8-10-6-15-16-7-10/h3-7H,8H2,1-2H3,(H,15,16). The van der Waals surface area contributed by atoms with E-state index in [-0.39, 0.29) is 11.5 Å². The first kappa shape index (κ1) is 12.3. The lowest BCUT2D eigenvalue weighted by molar-refractivity contribution is 0.0780. The second kappa shape index (κ2) is 5.00. The molecular weight excluding hydrogens is 233 g/mol. The fourth-order valence-electron chi connectivity index (χ4n) is 1.72. The van der Waals surface area contributed by atoms with Crippen LogP contribution in [0.5, 0.6) is 0 Å². The van der Waals surface area contributed by atoms with Gasteiger partial charge in [0.25, 0.3) is 5.91 Å². The number of amides is 1. The summed E-state index contributed by atoms with van der Waals surface area (Å²) in [5.41, 5.74) is 1.83. The molecule has 0 fully saturated rings. The van der Waals surface area contributed by atoms with Crippen molar-refractivity contribution in [3.05, 3.63) is 53.1 Å². The first-order chi connectivity index (χ1) is 8.58. The van der Waals surface area contributed by atoms with Crippen LogP contribution in [0.4, 0.5) is 4.39 Å². The van der Waals surface area contributed by atoms with Crippen LogP contribution in [-0.4, -0.2) is 28.1 Å². The molecule has 0 saturated carbocycles. The van der Waals surface area contributed by atoms with E-state index in [9.17, 15) is 9.18 Å². The number of benzene rings is 1. The average Bonchev–Trinajstić information content (AvgIpc) is 2.84. The highest BCUT2D eigenvalue weighted by Crippen LogP contribution is 2.13. The second-order valence-corrected chi connectivity index (χ2v) is 4.25. The Morgan fingerprint density at radius 3 is 2.94 bits per heavy atom. The lowest BCUT2D eigenvalue weighted by Gasteiger charge is -2.16. The zero-order chi connectivity index (χ0) is 13.1. The number of hydrogen-bond donors (Lipinski definition) is 1. The Bertz CT molecular complexity index is 551. The molecule has 0 radical (unpaired) electrons. The quantitative estimate of drug-likeness (QED) is 0.903. The summed E-state index contributed by atoms with van der Waals surface area (Å²) in [5.74, 6) is -0.831. The number of aromatic amines is 1. The molecule has 0 aliphatic rings. The van der Waals surface area contributed by atoms with Crippen LogP contribution < -0.4 is 0 Å². The molecule has 0 atom stereocenters. The van der Waals surface area contributed by atoms with Crippen molar-refractivity contribution in [2.45, 2.75) is 13.5 Å². The van der Waals surface area contributed by atoms with Gasteiger partial charge in [0.1, 0.15) is 5.82 Å². The summed E-state index contributed by atoms with van der Waals surface area (Å²) in [7, 11) is 1.64. The molecule has 1 amide bonds. The van der Waals surface area contributed by atoms with E-state index in [0.29, 0.717) is 6.54 Å². The molecule has 1 aromatic carbocycles. The second-order valence-electron chi connectivity index (χ2n) is 4.25. The Hall–Kier alpha value is -2.17. The average molecular weight is 247 g/mol. The number of carbonyl (C=O) groups excluding carboxylic acids is 1. The van der Waals surface area contributed by atoms with E-state index >= 15 is 0 Å². The number of H-pyrrole nitrogens is 1. The van der Waals surface area contributed by atoms with Crippen molar-refractivity contribution in [1.82, 2.24) is 15.1 Å². The first-order valence-electron chi connectivity index (χ1n) is 5.57. The zero-order valence-electron chi connectivity index (χ0n) is 10.3. The minimum atomic E-state index is -0.496. The number of aromatic nitrogens is 2. The molecule has 0 bridgehead atoms. The molecule has 2 rings (SSSR count). The Kier molecular flexibility index (Phi) is 3.41. The van der Waals surface area contributed by atoms with Crippen LogP contribution in [0.3, 0.4) is 0 Å². The summed E-state index contributed by atoms with van der Waals surface area (Å²) in [4.78, 5) is 13.6. The maximum atomic E-state index is 13.6. The van der Waals surface area contributed by atoms with Crippen molar-refractivity contribution >= 4 is 5.91 Å². The largest absolute Gasteiger partial charge is 0.337 e. The minimum absolute atomic E-state index is 0.0981. The fraction of sp³-hybridized carbons (Fsp3) is 0.231. The fourth-order valence-corrected chi connectivity index (χ4v) is 1.72. The van der Waals surface area contributed by atoms with E-state index in [4.69, 9.17) is 0 Å². The molecule has 2 aromatic rings. The number of halogens is 1. The van der Waals surface area contributed by atoms with Gasteiger partial charge in [-0.2, -0.15) is 5.10 Å². The van der Waals surface area contributed by atoms with Crippen molar-refractivity contribution in [1.29, 1.82) is 0 Å². The van der Waals surface area contributed by atoms with Gasteiger partial charge >= 0.3 is 0 Å². The highest BCUT2D eigenvalue weighted by molar-refractivity contribution is 5.94. The SMILES string of the molecule is Cc1ccc(F)c(C(=O)N(C)Cc2cn[nH]c2)c1. The summed E-state index contributed by atoms with van der Waals surface area (Å²) in [6, 6.07) is 4.51. The van der Waals surface area contributed by atoms with Gasteiger partial charge in [0.15, 0.2) is 0 Å². The first-order valence-corrected chi connectivity index (χ1v) is 5.57. The maximum absolute atomic E-state index is 13.6. The zero-order valence-corrected chi connectivity index (χ0v) is 10.3. The number of hydrogen-bond acceptors (Lipinski definition) is 2. The molecule has 18 heavy (non-hydrogen) atoms. The summed E-state index contributed by atoms with van der Waals surface area (Å²) >= 11 is 0. The van der Waals surface area contributed by atoms with Gasteiger partial charge in [-0.3, -0.25) is 9.89 Å². The number of aryl methyl sites for hydroxylation is 1. The lowest BCUT2D eigenvalue weighted by Crippen LogP contribution is -2.27. The third-order valence-corrected chi connectivity index (χ3v) is 2.67. The highest BCUT2D eigenvalue weighted by atomic mass is 19.1. The summed E-state index contributed by atoms with van der Waals surface area (Å²) in [6.07, 6.45) is 3.34. The summed E-state index contributed by atoms with van der Waals surface area (Å²) < 4.78 is 13.6. The van der Waals surface area contributed by atoms with Gasteiger partial charge in [0.2, 0.25) is 0 Å². The minimum Gasteiger partial charge on any atom is -0.337 e. The van der Waals surface area contributed by atoms with Crippen LogP contribution >= 0.6 is 0 Å². The van der Waals surface area contributed by atoms with Gasteiger partial charge in [-0.25, -0.2) is 4.39 Å². The van der Waals surface area contributed by atoms with Crippen molar-refractivity contribution in [2.24, 2.45) is 0 Å². The van der Waals surface area contributed by atoms with Gasteiger partial charge in [-0.05, 0) is 19.1 Å². The Labute approximate surface area is 104 Å².